The number of hydrogen-bond acceptors (Lipinski definition) is 4. The second kappa shape index (κ2) is 6.30. The Hall–Kier alpha value is -2.20. The second-order valence-corrected chi connectivity index (χ2v) is 4.41. The zero-order valence-electron chi connectivity index (χ0n) is 11.7. The maximum absolute atomic E-state index is 10.4. The lowest BCUT2D eigenvalue weighted by molar-refractivity contribution is 0.220. The molecule has 4 nitrogen and oxygen atoms in total. The van der Waals surface area contributed by atoms with Crippen molar-refractivity contribution in [3.8, 4) is 11.5 Å². The average molecular weight is 273 g/mol. The fraction of sp³-hybridized carbons (Fsp3) is 0.250. The van der Waals surface area contributed by atoms with Crippen LogP contribution in [0.15, 0.2) is 42.5 Å². The van der Waals surface area contributed by atoms with Gasteiger partial charge in [0.15, 0.2) is 0 Å². The van der Waals surface area contributed by atoms with Gasteiger partial charge in [0.05, 0.1) is 19.4 Å². The van der Waals surface area contributed by atoms with Crippen LogP contribution in [0.4, 0.5) is 5.69 Å². The molecule has 0 unspecified atom stereocenters. The van der Waals surface area contributed by atoms with E-state index in [1.54, 1.807) is 25.3 Å². The first-order valence-electron chi connectivity index (χ1n) is 6.50. The second-order valence-electron chi connectivity index (χ2n) is 4.41. The summed E-state index contributed by atoms with van der Waals surface area (Å²) in [6.07, 6.45) is -0.723. The van der Waals surface area contributed by atoms with Gasteiger partial charge in [-0.2, -0.15) is 0 Å². The molecule has 0 bridgehead atoms. The maximum atomic E-state index is 10.4. The third kappa shape index (κ3) is 3.03. The van der Waals surface area contributed by atoms with Gasteiger partial charge in [-0.15, -0.1) is 0 Å². The number of aliphatic hydroxyl groups is 1. The molecule has 0 radical (unpaired) electrons. The molecule has 4 heteroatoms. The molecule has 0 heterocycles. The Balaban J connectivity index is 2.21. The van der Waals surface area contributed by atoms with Gasteiger partial charge in [-0.1, -0.05) is 18.2 Å². The minimum Gasteiger partial charge on any atom is -0.495 e. The van der Waals surface area contributed by atoms with Crippen LogP contribution >= 0.6 is 0 Å². The molecular weight excluding hydrogens is 254 g/mol. The number of benzene rings is 2. The van der Waals surface area contributed by atoms with Gasteiger partial charge in [0.2, 0.25) is 0 Å². The first-order valence-corrected chi connectivity index (χ1v) is 6.50. The van der Waals surface area contributed by atoms with Crippen LogP contribution in [-0.4, -0.2) is 18.8 Å². The Labute approximate surface area is 118 Å². The predicted molar refractivity (Wildman–Crippen MR) is 79.1 cm³/mol. The van der Waals surface area contributed by atoms with Crippen LogP contribution in [0.25, 0.3) is 0 Å². The minimum atomic E-state index is -0.723. The first-order chi connectivity index (χ1) is 9.65. The van der Waals surface area contributed by atoms with Gasteiger partial charge in [-0.05, 0) is 42.3 Å². The molecule has 0 saturated carbocycles. The Kier molecular flexibility index (Phi) is 4.48. The van der Waals surface area contributed by atoms with Crippen molar-refractivity contribution < 1.29 is 14.6 Å². The zero-order valence-corrected chi connectivity index (χ0v) is 11.7. The number of nitrogens with two attached hydrogens (primary N) is 1. The van der Waals surface area contributed by atoms with Crippen molar-refractivity contribution in [2.24, 2.45) is 0 Å². The van der Waals surface area contributed by atoms with E-state index in [1.807, 2.05) is 31.2 Å². The average Bonchev–Trinajstić information content (AvgIpc) is 2.47. The molecule has 1 atom stereocenters. The fourth-order valence-electron chi connectivity index (χ4n) is 2.03. The molecule has 0 spiro atoms. The van der Waals surface area contributed by atoms with E-state index in [2.05, 4.69) is 0 Å². The highest BCUT2D eigenvalue weighted by Gasteiger charge is 2.12. The van der Waals surface area contributed by atoms with E-state index < -0.39 is 6.10 Å². The maximum Gasteiger partial charge on any atom is 0.141 e. The summed E-state index contributed by atoms with van der Waals surface area (Å²) in [6.45, 7) is 2.56. The summed E-state index contributed by atoms with van der Waals surface area (Å²) in [7, 11) is 1.56. The van der Waals surface area contributed by atoms with Crippen molar-refractivity contribution in [3.05, 3.63) is 53.6 Å². The highest BCUT2D eigenvalue weighted by atomic mass is 16.5. The van der Waals surface area contributed by atoms with Crippen molar-refractivity contribution in [2.75, 3.05) is 19.5 Å². The standard InChI is InChI=1S/C16H19NO3/c1-3-20-13-7-4-11(5-8-13)16(18)12-6-9-15(19-2)14(17)10-12/h4-10,16,18H,3,17H2,1-2H3/t16-/m1/s1. The quantitative estimate of drug-likeness (QED) is 0.822. The highest BCUT2D eigenvalue weighted by molar-refractivity contribution is 5.55. The molecule has 0 saturated heterocycles. The van der Waals surface area contributed by atoms with Crippen molar-refractivity contribution in [3.63, 3.8) is 0 Å². The molecular formula is C16H19NO3. The number of nitrogen functional groups attached to an aromatic ring is 1. The Morgan fingerprint density at radius 2 is 1.75 bits per heavy atom. The molecule has 0 aliphatic heterocycles. The SMILES string of the molecule is CCOc1ccc([C@@H](O)c2ccc(OC)c(N)c2)cc1. The largest absolute Gasteiger partial charge is 0.495 e. The van der Waals surface area contributed by atoms with E-state index in [1.165, 1.54) is 0 Å². The monoisotopic (exact) mass is 273 g/mol. The van der Waals surface area contributed by atoms with Gasteiger partial charge in [-0.25, -0.2) is 0 Å². The van der Waals surface area contributed by atoms with E-state index in [4.69, 9.17) is 15.2 Å². The molecule has 0 amide bonds. The molecule has 0 fully saturated rings. The molecule has 0 aliphatic rings. The summed E-state index contributed by atoms with van der Waals surface area (Å²) in [6, 6.07) is 12.6. The van der Waals surface area contributed by atoms with Crippen LogP contribution in [0.5, 0.6) is 11.5 Å². The van der Waals surface area contributed by atoms with Gasteiger partial charge < -0.3 is 20.3 Å². The first kappa shape index (κ1) is 14.2. The molecule has 0 aromatic heterocycles. The Morgan fingerprint density at radius 1 is 1.10 bits per heavy atom. The summed E-state index contributed by atoms with van der Waals surface area (Å²) in [4.78, 5) is 0. The van der Waals surface area contributed by atoms with Crippen molar-refractivity contribution in [1.82, 2.24) is 0 Å². The van der Waals surface area contributed by atoms with E-state index >= 15 is 0 Å². The molecule has 2 aromatic rings. The third-order valence-electron chi connectivity index (χ3n) is 3.08. The minimum absolute atomic E-state index is 0.509. The van der Waals surface area contributed by atoms with E-state index in [-0.39, 0.29) is 0 Å². The molecule has 2 rings (SSSR count). The van der Waals surface area contributed by atoms with Crippen molar-refractivity contribution >= 4 is 5.69 Å². The van der Waals surface area contributed by atoms with Gasteiger partial charge >= 0.3 is 0 Å². The summed E-state index contributed by atoms with van der Waals surface area (Å²) in [5.74, 6) is 1.39. The summed E-state index contributed by atoms with van der Waals surface area (Å²) in [5.41, 5.74) is 7.88. The summed E-state index contributed by atoms with van der Waals surface area (Å²) in [5, 5.41) is 10.4. The van der Waals surface area contributed by atoms with Gasteiger partial charge in [-0.3, -0.25) is 0 Å². The van der Waals surface area contributed by atoms with Crippen LogP contribution in [0, 0.1) is 0 Å². The topological polar surface area (TPSA) is 64.7 Å². The van der Waals surface area contributed by atoms with Crippen LogP contribution < -0.4 is 15.2 Å². The molecule has 0 aliphatic carbocycles. The molecule has 2 aromatic carbocycles. The number of rotatable bonds is 5. The highest BCUT2D eigenvalue weighted by Crippen LogP contribution is 2.29. The lowest BCUT2D eigenvalue weighted by Crippen LogP contribution is -2.02. The van der Waals surface area contributed by atoms with Crippen LogP contribution in [0.1, 0.15) is 24.2 Å². The predicted octanol–water partition coefficient (Wildman–Crippen LogP) is 2.76. The van der Waals surface area contributed by atoms with E-state index in [0.29, 0.717) is 18.0 Å². The normalized spacial score (nSPS) is 11.9. The van der Waals surface area contributed by atoms with Crippen LogP contribution in [0.3, 0.4) is 0 Å². The number of methoxy groups -OCH3 is 1. The summed E-state index contributed by atoms with van der Waals surface area (Å²) >= 11 is 0. The Morgan fingerprint density at radius 3 is 2.30 bits per heavy atom. The third-order valence-corrected chi connectivity index (χ3v) is 3.08. The van der Waals surface area contributed by atoms with E-state index in [9.17, 15) is 5.11 Å². The lowest BCUT2D eigenvalue weighted by atomic mass is 10.0. The fourth-order valence-corrected chi connectivity index (χ4v) is 2.03. The number of ether oxygens (including phenoxy) is 2. The molecule has 20 heavy (non-hydrogen) atoms. The van der Waals surface area contributed by atoms with Crippen LogP contribution in [0.2, 0.25) is 0 Å². The number of aliphatic hydroxyl groups excluding tert-OH is 1. The zero-order chi connectivity index (χ0) is 14.5. The van der Waals surface area contributed by atoms with E-state index in [0.717, 1.165) is 16.9 Å². The van der Waals surface area contributed by atoms with Gasteiger partial charge in [0.1, 0.15) is 17.6 Å². The lowest BCUT2D eigenvalue weighted by Gasteiger charge is -2.14. The number of anilines is 1. The molecule has 106 valence electrons. The van der Waals surface area contributed by atoms with Gasteiger partial charge in [0.25, 0.3) is 0 Å². The smallest absolute Gasteiger partial charge is 0.141 e. The van der Waals surface area contributed by atoms with Crippen LogP contribution in [-0.2, 0) is 0 Å². The molecule has 3 N–H and O–H groups in total. The summed E-state index contributed by atoms with van der Waals surface area (Å²) < 4.78 is 10.5. The van der Waals surface area contributed by atoms with Gasteiger partial charge in [0, 0.05) is 0 Å². The number of hydrogen-bond donors (Lipinski definition) is 2. The van der Waals surface area contributed by atoms with Crippen molar-refractivity contribution in [2.45, 2.75) is 13.0 Å². The Bertz CT molecular complexity index is 566. The van der Waals surface area contributed by atoms with Crippen molar-refractivity contribution in [1.29, 1.82) is 0 Å².